The molecule has 57 heavy (non-hydrogen) atoms. The number of aromatic nitrogens is 1. The Labute approximate surface area is 336 Å². The van der Waals surface area contributed by atoms with E-state index < -0.39 is 0 Å². The second-order valence-electron chi connectivity index (χ2n) is 15.7. The predicted molar refractivity (Wildman–Crippen MR) is 241 cm³/mol. The lowest BCUT2D eigenvalue weighted by Crippen LogP contribution is -2.31. The summed E-state index contributed by atoms with van der Waals surface area (Å²) in [6.45, 7) is 2.42. The molecule has 6 aromatic rings. The fraction of sp³-hybridized carbons (Fsp3) is 0.145. The molecule has 2 heterocycles. The molecule has 5 aromatic carbocycles. The summed E-state index contributed by atoms with van der Waals surface area (Å²) in [4.78, 5) is 5.56. The van der Waals surface area contributed by atoms with Gasteiger partial charge in [-0.05, 0) is 100 Å². The van der Waals surface area contributed by atoms with E-state index in [0.29, 0.717) is 11.8 Å². The third-order valence-corrected chi connectivity index (χ3v) is 12.4. The molecule has 0 saturated heterocycles. The number of para-hydroxylation sites is 1. The molecule has 2 nitrogen and oxygen atoms in total. The van der Waals surface area contributed by atoms with Crippen molar-refractivity contribution in [2.75, 3.05) is 0 Å². The molecule has 276 valence electrons. The van der Waals surface area contributed by atoms with Gasteiger partial charge in [0.1, 0.15) is 0 Å². The van der Waals surface area contributed by atoms with Crippen LogP contribution in [-0.2, 0) is 0 Å². The van der Waals surface area contributed by atoms with Crippen LogP contribution in [0, 0.1) is 0 Å². The molecule has 10 rings (SSSR count). The molecule has 0 bridgehead atoms. The van der Waals surface area contributed by atoms with E-state index in [9.17, 15) is 0 Å². The van der Waals surface area contributed by atoms with Gasteiger partial charge < -0.3 is 4.57 Å². The average Bonchev–Trinajstić information content (AvgIpc) is 3.42. The maximum absolute atomic E-state index is 5.56. The highest BCUT2D eigenvalue weighted by Crippen LogP contribution is 2.46. The molecule has 2 heteroatoms. The van der Waals surface area contributed by atoms with Crippen molar-refractivity contribution in [2.45, 2.75) is 50.9 Å². The summed E-state index contributed by atoms with van der Waals surface area (Å²) in [5.41, 5.74) is 16.5. The number of benzene rings is 5. The molecule has 1 aromatic heterocycles. The standard InChI is InChI=1S/C55H46N2/c1-38-46-22-13-14-24-48(46)47-23-12-6-11-21-44(47)37-51(38)41-29-27-39(28-30-41)40-31-33-45(34-32-40)57-53-26-16-15-25-49(53)50-35-36-52(42-17-9-5-10-18-42)56-54(55(50)57)43-19-7-3-2-4-8-20-43/h3-19,22-35,38,51H,2,20-21,36-37H2,1H3/b7-3-,8-4-,43-19+/t38?,51-/m1/s1. The van der Waals surface area contributed by atoms with Crippen molar-refractivity contribution in [2.24, 2.45) is 4.99 Å². The number of allylic oxidation sites excluding steroid dienone is 11. The van der Waals surface area contributed by atoms with Crippen LogP contribution in [-0.4, -0.2) is 10.3 Å². The van der Waals surface area contributed by atoms with E-state index in [1.54, 1.807) is 0 Å². The number of aliphatic imine (C=N–C) groups is 1. The number of hydrogen-bond acceptors (Lipinski definition) is 1. The van der Waals surface area contributed by atoms with Crippen LogP contribution in [0.5, 0.6) is 0 Å². The number of rotatable bonds is 5. The van der Waals surface area contributed by atoms with E-state index >= 15 is 0 Å². The molecule has 0 saturated carbocycles. The average molecular weight is 735 g/mol. The SMILES string of the molecule is CC1c2ccccc2C2=C(CC=CC=C2)C[C@H]1c1ccc(-c2ccc(-n3c4c(c5ccccc53)=CCC(c3ccccc3)=NC=4/C3=C/C=C\C/C=C\C3)cc2)cc1. The maximum atomic E-state index is 5.56. The van der Waals surface area contributed by atoms with Crippen LogP contribution in [0.3, 0.4) is 0 Å². The smallest absolute Gasteiger partial charge is 0.0915 e. The first-order valence-corrected chi connectivity index (χ1v) is 20.5. The third-order valence-electron chi connectivity index (χ3n) is 12.4. The van der Waals surface area contributed by atoms with E-state index in [1.807, 2.05) is 0 Å². The van der Waals surface area contributed by atoms with Gasteiger partial charge in [0.05, 0.1) is 22.3 Å². The van der Waals surface area contributed by atoms with Gasteiger partial charge in [-0.25, -0.2) is 4.99 Å². The largest absolute Gasteiger partial charge is 0.307 e. The summed E-state index contributed by atoms with van der Waals surface area (Å²) in [5.74, 6) is 0.831. The van der Waals surface area contributed by atoms with Crippen molar-refractivity contribution in [3.8, 4) is 16.8 Å². The number of hydrogen-bond donors (Lipinski definition) is 0. The fourth-order valence-electron chi connectivity index (χ4n) is 9.41. The predicted octanol–water partition coefficient (Wildman–Crippen LogP) is 12.5. The summed E-state index contributed by atoms with van der Waals surface area (Å²) in [5, 5.41) is 3.66. The van der Waals surface area contributed by atoms with Gasteiger partial charge in [0, 0.05) is 22.7 Å². The minimum absolute atomic E-state index is 0.415. The zero-order valence-corrected chi connectivity index (χ0v) is 32.5. The van der Waals surface area contributed by atoms with Crippen LogP contribution in [0.15, 0.2) is 198 Å². The highest BCUT2D eigenvalue weighted by molar-refractivity contribution is 6.07. The molecule has 0 radical (unpaired) electrons. The Bertz CT molecular complexity index is 2850. The summed E-state index contributed by atoms with van der Waals surface area (Å²) < 4.78 is 2.44. The monoisotopic (exact) mass is 734 g/mol. The summed E-state index contributed by atoms with van der Waals surface area (Å²) >= 11 is 0. The van der Waals surface area contributed by atoms with Crippen LogP contribution >= 0.6 is 0 Å². The van der Waals surface area contributed by atoms with Gasteiger partial charge >= 0.3 is 0 Å². The van der Waals surface area contributed by atoms with Crippen LogP contribution in [0.4, 0.5) is 0 Å². The Balaban J connectivity index is 1.05. The summed E-state index contributed by atoms with van der Waals surface area (Å²) in [6, 6.07) is 47.1. The van der Waals surface area contributed by atoms with E-state index in [2.05, 4.69) is 200 Å². The van der Waals surface area contributed by atoms with Crippen LogP contribution in [0.2, 0.25) is 0 Å². The fourth-order valence-corrected chi connectivity index (χ4v) is 9.41. The van der Waals surface area contributed by atoms with Crippen molar-refractivity contribution < 1.29 is 0 Å². The lowest BCUT2D eigenvalue weighted by atomic mass is 9.79. The Hall–Kier alpha value is -6.51. The van der Waals surface area contributed by atoms with Gasteiger partial charge in [-0.2, -0.15) is 0 Å². The van der Waals surface area contributed by atoms with Gasteiger partial charge in [0.2, 0.25) is 0 Å². The van der Waals surface area contributed by atoms with Gasteiger partial charge in [-0.3, -0.25) is 0 Å². The zero-order valence-electron chi connectivity index (χ0n) is 32.5. The maximum Gasteiger partial charge on any atom is 0.0915 e. The number of nitrogens with zero attached hydrogens (tertiary/aromatic N) is 2. The van der Waals surface area contributed by atoms with E-state index in [-0.39, 0.29) is 0 Å². The summed E-state index contributed by atoms with van der Waals surface area (Å²) in [7, 11) is 0. The molecule has 3 aliphatic carbocycles. The Morgan fingerprint density at radius 2 is 1.40 bits per heavy atom. The van der Waals surface area contributed by atoms with E-state index in [4.69, 9.17) is 4.99 Å². The topological polar surface area (TPSA) is 17.3 Å². The second kappa shape index (κ2) is 15.2. The first-order valence-electron chi connectivity index (χ1n) is 20.5. The molecular weight excluding hydrogens is 689 g/mol. The molecular formula is C55H46N2. The minimum atomic E-state index is 0.415. The quantitative estimate of drug-likeness (QED) is 0.157. The van der Waals surface area contributed by atoms with Crippen molar-refractivity contribution in [1.29, 1.82) is 0 Å². The molecule has 0 fully saturated rings. The zero-order chi connectivity index (χ0) is 38.1. The Morgan fingerprint density at radius 3 is 2.26 bits per heavy atom. The Kier molecular flexibility index (Phi) is 9.32. The van der Waals surface area contributed by atoms with Gasteiger partial charge in [0.25, 0.3) is 0 Å². The molecule has 0 N–H and O–H groups in total. The highest BCUT2D eigenvalue weighted by atomic mass is 15.0. The first-order chi connectivity index (χ1) is 28.2. The number of fused-ring (bicyclic) bond motifs is 5. The molecule has 0 spiro atoms. The Morgan fingerprint density at radius 1 is 0.632 bits per heavy atom. The van der Waals surface area contributed by atoms with Gasteiger partial charge in [-0.15, -0.1) is 0 Å². The van der Waals surface area contributed by atoms with Crippen molar-refractivity contribution >= 4 is 34.0 Å². The molecule has 4 aliphatic rings. The van der Waals surface area contributed by atoms with E-state index in [0.717, 1.165) is 54.5 Å². The van der Waals surface area contributed by atoms with Crippen molar-refractivity contribution in [3.05, 3.63) is 226 Å². The first kappa shape index (κ1) is 34.9. The van der Waals surface area contributed by atoms with Crippen LogP contribution in [0.1, 0.15) is 73.1 Å². The normalized spacial score (nSPS) is 21.0. The lowest BCUT2D eigenvalue weighted by Gasteiger charge is -2.25. The third kappa shape index (κ3) is 6.55. The lowest BCUT2D eigenvalue weighted by molar-refractivity contribution is 0.572. The molecule has 1 unspecified atom stereocenters. The van der Waals surface area contributed by atoms with Crippen molar-refractivity contribution in [3.63, 3.8) is 0 Å². The highest BCUT2D eigenvalue weighted by Gasteiger charge is 2.29. The van der Waals surface area contributed by atoms with E-state index in [1.165, 1.54) is 66.2 Å². The second-order valence-corrected chi connectivity index (χ2v) is 15.7. The summed E-state index contributed by atoms with van der Waals surface area (Å²) in [6.07, 6.45) is 27.3. The minimum Gasteiger partial charge on any atom is -0.307 e. The van der Waals surface area contributed by atoms with Crippen molar-refractivity contribution in [1.82, 2.24) is 4.57 Å². The van der Waals surface area contributed by atoms with Gasteiger partial charge in [-0.1, -0.05) is 182 Å². The van der Waals surface area contributed by atoms with Crippen LogP contribution in [0.25, 0.3) is 45.1 Å². The molecule has 2 atom stereocenters. The van der Waals surface area contributed by atoms with Gasteiger partial charge in [0.15, 0.2) is 0 Å². The van der Waals surface area contributed by atoms with Crippen LogP contribution < -0.4 is 10.6 Å². The molecule has 1 aliphatic heterocycles. The molecule has 0 amide bonds.